The second-order valence-electron chi connectivity index (χ2n) is 5.20. The zero-order valence-corrected chi connectivity index (χ0v) is 12.2. The van der Waals surface area contributed by atoms with Crippen molar-refractivity contribution in [2.24, 2.45) is 5.92 Å². The normalized spacial score (nSPS) is 11.2. The molecule has 102 valence electrons. The zero-order chi connectivity index (χ0) is 13.4. The van der Waals surface area contributed by atoms with Gasteiger partial charge in [0.25, 0.3) is 0 Å². The van der Waals surface area contributed by atoms with Gasteiger partial charge >= 0.3 is 0 Å². The Labute approximate surface area is 112 Å². The topological polar surface area (TPSA) is 28.2 Å². The van der Waals surface area contributed by atoms with Crippen molar-refractivity contribution in [1.82, 2.24) is 9.88 Å². The van der Waals surface area contributed by atoms with E-state index in [1.165, 1.54) is 5.56 Å². The van der Waals surface area contributed by atoms with Gasteiger partial charge in [0.05, 0.1) is 0 Å². The van der Waals surface area contributed by atoms with Gasteiger partial charge in [-0.3, -0.25) is 4.90 Å². The van der Waals surface area contributed by atoms with Gasteiger partial charge in [0.1, 0.15) is 5.82 Å². The van der Waals surface area contributed by atoms with Crippen molar-refractivity contribution in [3.8, 4) is 0 Å². The number of nitrogens with zero attached hydrogens (tertiary/aromatic N) is 2. The van der Waals surface area contributed by atoms with Gasteiger partial charge in [-0.05, 0) is 36.6 Å². The summed E-state index contributed by atoms with van der Waals surface area (Å²) in [4.78, 5) is 6.82. The SMILES string of the molecule is CCCNc1cc(CN(CC)CC(C)C)ccn1. The average Bonchev–Trinajstić information content (AvgIpc) is 2.35. The Balaban J connectivity index is 2.59. The van der Waals surface area contributed by atoms with Crippen LogP contribution in [0.5, 0.6) is 0 Å². The minimum Gasteiger partial charge on any atom is -0.370 e. The van der Waals surface area contributed by atoms with Crippen LogP contribution >= 0.6 is 0 Å². The fraction of sp³-hybridized carbons (Fsp3) is 0.667. The first-order chi connectivity index (χ1) is 8.65. The van der Waals surface area contributed by atoms with E-state index < -0.39 is 0 Å². The largest absolute Gasteiger partial charge is 0.370 e. The van der Waals surface area contributed by atoms with E-state index >= 15 is 0 Å². The van der Waals surface area contributed by atoms with Crippen LogP contribution in [0.2, 0.25) is 0 Å². The van der Waals surface area contributed by atoms with Crippen molar-refractivity contribution in [1.29, 1.82) is 0 Å². The van der Waals surface area contributed by atoms with Crippen LogP contribution < -0.4 is 5.32 Å². The van der Waals surface area contributed by atoms with Crippen LogP contribution in [0, 0.1) is 5.92 Å². The lowest BCUT2D eigenvalue weighted by molar-refractivity contribution is 0.248. The van der Waals surface area contributed by atoms with Crippen molar-refractivity contribution < 1.29 is 0 Å². The summed E-state index contributed by atoms with van der Waals surface area (Å²) in [5, 5.41) is 3.34. The summed E-state index contributed by atoms with van der Waals surface area (Å²) in [5.74, 6) is 1.71. The monoisotopic (exact) mass is 249 g/mol. The maximum Gasteiger partial charge on any atom is 0.126 e. The summed E-state index contributed by atoms with van der Waals surface area (Å²) >= 11 is 0. The molecule has 18 heavy (non-hydrogen) atoms. The van der Waals surface area contributed by atoms with Crippen LogP contribution in [-0.4, -0.2) is 29.5 Å². The minimum atomic E-state index is 0.712. The molecule has 0 fully saturated rings. The Morgan fingerprint density at radius 2 is 2.11 bits per heavy atom. The van der Waals surface area contributed by atoms with E-state index in [2.05, 4.69) is 55.0 Å². The second kappa shape index (κ2) is 8.09. The van der Waals surface area contributed by atoms with E-state index in [9.17, 15) is 0 Å². The highest BCUT2D eigenvalue weighted by atomic mass is 15.1. The van der Waals surface area contributed by atoms with E-state index in [-0.39, 0.29) is 0 Å². The molecule has 0 radical (unpaired) electrons. The predicted molar refractivity (Wildman–Crippen MR) is 78.8 cm³/mol. The van der Waals surface area contributed by atoms with E-state index in [1.54, 1.807) is 0 Å². The molecular formula is C15H27N3. The minimum absolute atomic E-state index is 0.712. The van der Waals surface area contributed by atoms with E-state index in [4.69, 9.17) is 0 Å². The maximum absolute atomic E-state index is 4.34. The van der Waals surface area contributed by atoms with Crippen molar-refractivity contribution >= 4 is 5.82 Å². The molecule has 3 heteroatoms. The Morgan fingerprint density at radius 3 is 2.72 bits per heavy atom. The maximum atomic E-state index is 4.34. The van der Waals surface area contributed by atoms with E-state index in [0.717, 1.165) is 38.4 Å². The molecule has 0 spiro atoms. The quantitative estimate of drug-likeness (QED) is 0.765. The number of hydrogen-bond donors (Lipinski definition) is 1. The standard InChI is InChI=1S/C15H27N3/c1-5-8-16-15-10-14(7-9-17-15)12-18(6-2)11-13(3)4/h7,9-10,13H,5-6,8,11-12H2,1-4H3,(H,16,17). The summed E-state index contributed by atoms with van der Waals surface area (Å²) in [7, 11) is 0. The lowest BCUT2D eigenvalue weighted by atomic mass is 10.2. The van der Waals surface area contributed by atoms with Crippen molar-refractivity contribution in [2.45, 2.75) is 40.7 Å². The van der Waals surface area contributed by atoms with Crippen LogP contribution in [-0.2, 0) is 6.54 Å². The first-order valence-electron chi connectivity index (χ1n) is 7.06. The molecule has 0 aliphatic carbocycles. The van der Waals surface area contributed by atoms with Crippen LogP contribution in [0.1, 0.15) is 39.7 Å². The molecule has 0 saturated heterocycles. The van der Waals surface area contributed by atoms with Gasteiger partial charge in [-0.15, -0.1) is 0 Å². The third kappa shape index (κ3) is 5.50. The first-order valence-corrected chi connectivity index (χ1v) is 7.06. The second-order valence-corrected chi connectivity index (χ2v) is 5.20. The molecule has 1 N–H and O–H groups in total. The van der Waals surface area contributed by atoms with Gasteiger partial charge in [0.2, 0.25) is 0 Å². The van der Waals surface area contributed by atoms with Gasteiger partial charge in [-0.2, -0.15) is 0 Å². The van der Waals surface area contributed by atoms with Crippen molar-refractivity contribution in [3.63, 3.8) is 0 Å². The fourth-order valence-corrected chi connectivity index (χ4v) is 2.00. The van der Waals surface area contributed by atoms with Crippen LogP contribution in [0.3, 0.4) is 0 Å². The summed E-state index contributed by atoms with van der Waals surface area (Å²) < 4.78 is 0. The lowest BCUT2D eigenvalue weighted by Crippen LogP contribution is -2.27. The van der Waals surface area contributed by atoms with Crippen molar-refractivity contribution in [2.75, 3.05) is 25.0 Å². The zero-order valence-electron chi connectivity index (χ0n) is 12.2. The molecule has 1 aromatic rings. The van der Waals surface area contributed by atoms with Crippen LogP contribution in [0.4, 0.5) is 5.82 Å². The highest BCUT2D eigenvalue weighted by Crippen LogP contribution is 2.11. The summed E-state index contributed by atoms with van der Waals surface area (Å²) in [6, 6.07) is 4.28. The Kier molecular flexibility index (Phi) is 6.73. The molecule has 0 saturated carbocycles. The molecule has 0 atom stereocenters. The lowest BCUT2D eigenvalue weighted by Gasteiger charge is -2.22. The van der Waals surface area contributed by atoms with Gasteiger partial charge in [0.15, 0.2) is 0 Å². The molecule has 0 aromatic carbocycles. The average molecular weight is 249 g/mol. The number of rotatable bonds is 8. The Hall–Kier alpha value is -1.09. The molecule has 0 unspecified atom stereocenters. The predicted octanol–water partition coefficient (Wildman–Crippen LogP) is 3.38. The molecule has 3 nitrogen and oxygen atoms in total. The highest BCUT2D eigenvalue weighted by Gasteiger charge is 2.06. The number of pyridine rings is 1. The molecule has 1 heterocycles. The number of aromatic nitrogens is 1. The summed E-state index contributed by atoms with van der Waals surface area (Å²) in [5.41, 5.74) is 1.34. The Bertz CT molecular complexity index is 336. The van der Waals surface area contributed by atoms with Gasteiger partial charge in [-0.25, -0.2) is 4.98 Å². The van der Waals surface area contributed by atoms with Crippen molar-refractivity contribution in [3.05, 3.63) is 23.9 Å². The third-order valence-electron chi connectivity index (χ3n) is 2.86. The van der Waals surface area contributed by atoms with Gasteiger partial charge in [0, 0.05) is 25.8 Å². The molecule has 0 amide bonds. The van der Waals surface area contributed by atoms with E-state index in [1.807, 2.05) is 6.20 Å². The number of hydrogen-bond acceptors (Lipinski definition) is 3. The number of nitrogens with one attached hydrogen (secondary N) is 1. The third-order valence-corrected chi connectivity index (χ3v) is 2.86. The molecule has 0 bridgehead atoms. The number of anilines is 1. The molecular weight excluding hydrogens is 222 g/mol. The smallest absolute Gasteiger partial charge is 0.126 e. The Morgan fingerprint density at radius 1 is 1.33 bits per heavy atom. The highest BCUT2D eigenvalue weighted by molar-refractivity contribution is 5.37. The van der Waals surface area contributed by atoms with Gasteiger partial charge < -0.3 is 5.32 Å². The van der Waals surface area contributed by atoms with Crippen LogP contribution in [0.25, 0.3) is 0 Å². The van der Waals surface area contributed by atoms with Gasteiger partial charge in [-0.1, -0.05) is 27.7 Å². The molecule has 0 aliphatic rings. The van der Waals surface area contributed by atoms with Crippen LogP contribution in [0.15, 0.2) is 18.3 Å². The molecule has 1 aromatic heterocycles. The summed E-state index contributed by atoms with van der Waals surface area (Å²) in [6.07, 6.45) is 3.02. The first kappa shape index (κ1) is 15.0. The summed E-state index contributed by atoms with van der Waals surface area (Å²) in [6.45, 7) is 13.2. The fourth-order valence-electron chi connectivity index (χ4n) is 2.00. The molecule has 0 aliphatic heterocycles. The van der Waals surface area contributed by atoms with E-state index in [0.29, 0.717) is 5.92 Å². The molecule has 1 rings (SSSR count).